The molecule has 0 aromatic rings. The van der Waals surface area contributed by atoms with Crippen molar-refractivity contribution in [3.8, 4) is 0 Å². The summed E-state index contributed by atoms with van der Waals surface area (Å²) in [4.78, 5) is 67.8. The van der Waals surface area contributed by atoms with Crippen molar-refractivity contribution < 1.29 is 28.7 Å². The first-order valence-electron chi connectivity index (χ1n) is 14.9. The summed E-state index contributed by atoms with van der Waals surface area (Å²) in [7, 11) is 0. The van der Waals surface area contributed by atoms with Gasteiger partial charge in [-0.1, -0.05) is 45.3 Å². The standard InChI is InChI=1S/C31H48N4O6/c1-8-10-16-21(25(36)27(38)32-17-9-2)33-26(37)24-22-20(31(22,6)7)18-35(24)28(39)23(19-14-12-11-13-15-19)34-29(40)41-30(3,4)5/h8-9,19-24H,1-2,10-18H2,3-7H3,(H,32,38)(H,33,37)(H,34,40)/t20-,21?,22-,23?,24-/m0/s1. The highest BCUT2D eigenvalue weighted by molar-refractivity contribution is 6.38. The van der Waals surface area contributed by atoms with E-state index >= 15 is 0 Å². The van der Waals surface area contributed by atoms with E-state index in [1.54, 1.807) is 31.7 Å². The Labute approximate surface area is 244 Å². The molecule has 3 aliphatic rings. The van der Waals surface area contributed by atoms with Gasteiger partial charge in [-0.05, 0) is 69.6 Å². The molecular formula is C31H48N4O6. The number of Topliss-reactive ketones (excluding diaryl/α,β-unsaturated/α-hetero) is 1. The normalized spacial score (nSPS) is 24.7. The summed E-state index contributed by atoms with van der Waals surface area (Å²) < 4.78 is 5.49. The summed E-state index contributed by atoms with van der Waals surface area (Å²) in [5.74, 6) is -2.36. The van der Waals surface area contributed by atoms with E-state index in [1.165, 1.54) is 6.08 Å². The third-order valence-electron chi connectivity index (χ3n) is 8.74. The van der Waals surface area contributed by atoms with E-state index in [0.29, 0.717) is 13.0 Å². The number of carbonyl (C=O) groups is 5. The highest BCUT2D eigenvalue weighted by Crippen LogP contribution is 2.65. The van der Waals surface area contributed by atoms with Crippen molar-refractivity contribution in [3.05, 3.63) is 25.3 Å². The number of amides is 4. The monoisotopic (exact) mass is 572 g/mol. The van der Waals surface area contributed by atoms with Crippen LogP contribution in [0, 0.1) is 23.2 Å². The van der Waals surface area contributed by atoms with E-state index in [4.69, 9.17) is 4.74 Å². The number of ether oxygens (including phenoxy) is 1. The SMILES string of the molecule is C=CCCC(NC(=O)[C@@H]1[C@@H]2[C@H](CN1C(=O)C(NC(=O)OC(C)(C)C)C1CCCCC1)C2(C)C)C(=O)C(=O)NCC=C. The predicted molar refractivity (Wildman–Crippen MR) is 156 cm³/mol. The summed E-state index contributed by atoms with van der Waals surface area (Å²) in [6, 6.07) is -2.69. The van der Waals surface area contributed by atoms with E-state index in [9.17, 15) is 24.0 Å². The Morgan fingerprint density at radius 3 is 2.27 bits per heavy atom. The average Bonchev–Trinajstić information content (AvgIpc) is 3.23. The van der Waals surface area contributed by atoms with Gasteiger partial charge in [-0.2, -0.15) is 0 Å². The van der Waals surface area contributed by atoms with Gasteiger partial charge in [0, 0.05) is 13.1 Å². The smallest absolute Gasteiger partial charge is 0.408 e. The summed E-state index contributed by atoms with van der Waals surface area (Å²) >= 11 is 0. The van der Waals surface area contributed by atoms with E-state index < -0.39 is 47.4 Å². The van der Waals surface area contributed by atoms with Crippen LogP contribution in [0.15, 0.2) is 25.3 Å². The zero-order valence-electron chi connectivity index (χ0n) is 25.3. The van der Waals surface area contributed by atoms with Crippen molar-refractivity contribution in [2.75, 3.05) is 13.1 Å². The fraction of sp³-hybridized carbons (Fsp3) is 0.710. The van der Waals surface area contributed by atoms with Crippen LogP contribution in [-0.4, -0.2) is 71.3 Å². The maximum Gasteiger partial charge on any atom is 0.408 e. The molecular weight excluding hydrogens is 524 g/mol. The summed E-state index contributed by atoms with van der Waals surface area (Å²) in [5, 5.41) is 8.11. The third kappa shape index (κ3) is 7.77. The van der Waals surface area contributed by atoms with Crippen LogP contribution in [0.25, 0.3) is 0 Å². The van der Waals surface area contributed by atoms with Gasteiger partial charge in [0.05, 0.1) is 6.04 Å². The molecule has 0 aromatic heterocycles. The number of ketones is 1. The molecule has 228 valence electrons. The molecule has 1 heterocycles. The number of allylic oxidation sites excluding steroid dienone is 1. The van der Waals surface area contributed by atoms with Gasteiger partial charge in [-0.25, -0.2) is 4.79 Å². The third-order valence-corrected chi connectivity index (χ3v) is 8.74. The minimum atomic E-state index is -1.06. The van der Waals surface area contributed by atoms with Crippen LogP contribution in [0.1, 0.15) is 79.6 Å². The number of nitrogens with one attached hydrogen (secondary N) is 3. The van der Waals surface area contributed by atoms with Crippen LogP contribution in [0.5, 0.6) is 0 Å². The van der Waals surface area contributed by atoms with E-state index in [1.807, 2.05) is 0 Å². The van der Waals surface area contributed by atoms with Gasteiger partial charge in [0.25, 0.3) is 5.91 Å². The van der Waals surface area contributed by atoms with Crippen LogP contribution in [0.4, 0.5) is 4.79 Å². The maximum atomic E-state index is 14.2. The van der Waals surface area contributed by atoms with Crippen LogP contribution in [0.3, 0.4) is 0 Å². The van der Waals surface area contributed by atoms with Gasteiger partial charge < -0.3 is 25.6 Å². The van der Waals surface area contributed by atoms with Crippen molar-refractivity contribution in [2.24, 2.45) is 23.2 Å². The lowest BCUT2D eigenvalue weighted by atomic mass is 9.83. The molecule has 10 nitrogen and oxygen atoms in total. The molecule has 0 radical (unpaired) electrons. The fourth-order valence-corrected chi connectivity index (χ4v) is 6.50. The number of hydrogen-bond acceptors (Lipinski definition) is 6. The van der Waals surface area contributed by atoms with E-state index in [-0.39, 0.29) is 42.0 Å². The quantitative estimate of drug-likeness (QED) is 0.243. The van der Waals surface area contributed by atoms with Gasteiger partial charge in [0.2, 0.25) is 17.6 Å². The van der Waals surface area contributed by atoms with Crippen molar-refractivity contribution in [1.82, 2.24) is 20.9 Å². The van der Waals surface area contributed by atoms with Gasteiger partial charge in [-0.15, -0.1) is 13.2 Å². The van der Waals surface area contributed by atoms with Crippen molar-refractivity contribution in [1.29, 1.82) is 0 Å². The molecule has 1 aliphatic heterocycles. The van der Waals surface area contributed by atoms with Crippen molar-refractivity contribution >= 4 is 29.6 Å². The van der Waals surface area contributed by atoms with Crippen LogP contribution >= 0.6 is 0 Å². The number of piperidine rings is 1. The number of rotatable bonds is 12. The molecule has 5 atom stereocenters. The zero-order valence-corrected chi connectivity index (χ0v) is 25.3. The molecule has 2 saturated carbocycles. The molecule has 3 N–H and O–H groups in total. The summed E-state index contributed by atoms with van der Waals surface area (Å²) in [6.07, 6.45) is 7.66. The Balaban J connectivity index is 1.85. The molecule has 3 fully saturated rings. The molecule has 0 bridgehead atoms. The minimum Gasteiger partial charge on any atom is -0.444 e. The van der Waals surface area contributed by atoms with E-state index in [0.717, 1.165) is 32.1 Å². The lowest BCUT2D eigenvalue weighted by Crippen LogP contribution is -2.59. The Morgan fingerprint density at radius 1 is 1.02 bits per heavy atom. The average molecular weight is 573 g/mol. The van der Waals surface area contributed by atoms with Gasteiger partial charge >= 0.3 is 6.09 Å². The first kappa shape index (κ1) is 32.3. The Hall–Kier alpha value is -3.17. The van der Waals surface area contributed by atoms with Crippen LogP contribution in [0.2, 0.25) is 0 Å². The van der Waals surface area contributed by atoms with E-state index in [2.05, 4.69) is 43.0 Å². The second kappa shape index (κ2) is 13.2. The largest absolute Gasteiger partial charge is 0.444 e. The first-order chi connectivity index (χ1) is 19.2. The fourth-order valence-electron chi connectivity index (χ4n) is 6.50. The maximum absolute atomic E-state index is 14.2. The lowest BCUT2D eigenvalue weighted by molar-refractivity contribution is -0.145. The highest BCUT2D eigenvalue weighted by Gasteiger charge is 2.69. The molecule has 0 aromatic carbocycles. The Kier molecular flexibility index (Phi) is 10.4. The Morgan fingerprint density at radius 2 is 1.68 bits per heavy atom. The second-order valence-electron chi connectivity index (χ2n) is 13.2. The zero-order chi connectivity index (χ0) is 30.5. The van der Waals surface area contributed by atoms with Gasteiger partial charge in [-0.3, -0.25) is 19.2 Å². The topological polar surface area (TPSA) is 134 Å². The minimum absolute atomic E-state index is 0.0621. The summed E-state index contributed by atoms with van der Waals surface area (Å²) in [6.45, 7) is 17.2. The number of likely N-dealkylation sites (tertiary alicyclic amines) is 1. The molecule has 0 spiro atoms. The number of hydrogen-bond donors (Lipinski definition) is 3. The number of fused-ring (bicyclic) bond motifs is 1. The Bertz CT molecular complexity index is 1040. The molecule has 2 unspecified atom stereocenters. The number of carbonyl (C=O) groups excluding carboxylic acids is 5. The van der Waals surface area contributed by atoms with Crippen LogP contribution < -0.4 is 16.0 Å². The first-order valence-corrected chi connectivity index (χ1v) is 14.9. The van der Waals surface area contributed by atoms with Gasteiger partial charge in [0.15, 0.2) is 0 Å². The lowest BCUT2D eigenvalue weighted by Gasteiger charge is -2.37. The molecule has 10 heteroatoms. The predicted octanol–water partition coefficient (Wildman–Crippen LogP) is 3.27. The molecule has 3 rings (SSSR count). The van der Waals surface area contributed by atoms with Crippen molar-refractivity contribution in [2.45, 2.75) is 103 Å². The molecule has 1 saturated heterocycles. The molecule has 2 aliphatic carbocycles. The molecule has 41 heavy (non-hydrogen) atoms. The summed E-state index contributed by atoms with van der Waals surface area (Å²) in [5.41, 5.74) is -0.878. The van der Waals surface area contributed by atoms with Crippen LogP contribution in [-0.2, 0) is 23.9 Å². The molecule has 4 amide bonds. The van der Waals surface area contributed by atoms with Crippen molar-refractivity contribution in [3.63, 3.8) is 0 Å². The van der Waals surface area contributed by atoms with Gasteiger partial charge in [0.1, 0.15) is 17.7 Å². The second-order valence-corrected chi connectivity index (χ2v) is 13.2. The number of alkyl carbamates (subject to hydrolysis) is 1. The number of nitrogens with zero attached hydrogens (tertiary/aromatic N) is 1. The highest BCUT2D eigenvalue weighted by atomic mass is 16.6.